The fourth-order valence-corrected chi connectivity index (χ4v) is 1.24. The number of carbonyl (C=O) groups excluding carboxylic acids is 2. The van der Waals surface area contributed by atoms with Crippen LogP contribution in [0.15, 0.2) is 30.3 Å². The Morgan fingerprint density at radius 2 is 2.06 bits per heavy atom. The lowest BCUT2D eigenvalue weighted by molar-refractivity contribution is -0.134. The van der Waals surface area contributed by atoms with Crippen LogP contribution in [0, 0.1) is 0 Å². The molecular formula is C12H16N2O3. The molecule has 0 radical (unpaired) electrons. The van der Waals surface area contributed by atoms with Crippen LogP contribution in [0.4, 0.5) is 0 Å². The largest absolute Gasteiger partial charge is 0.359 e. The molecule has 0 atom stereocenters. The van der Waals surface area contributed by atoms with E-state index in [4.69, 9.17) is 4.84 Å². The van der Waals surface area contributed by atoms with E-state index in [1.807, 2.05) is 30.3 Å². The molecule has 0 bridgehead atoms. The van der Waals surface area contributed by atoms with Gasteiger partial charge in [0.05, 0.1) is 6.61 Å². The van der Waals surface area contributed by atoms with Crippen LogP contribution >= 0.6 is 0 Å². The van der Waals surface area contributed by atoms with Crippen molar-refractivity contribution in [2.45, 2.75) is 19.4 Å². The number of hydroxylamine groups is 1. The van der Waals surface area contributed by atoms with Gasteiger partial charge in [0.15, 0.2) is 0 Å². The molecule has 92 valence electrons. The van der Waals surface area contributed by atoms with Crippen LogP contribution in [0.5, 0.6) is 0 Å². The number of amides is 2. The zero-order chi connectivity index (χ0) is 12.3. The standard InChI is InChI=1S/C12H16N2O3/c15-10-13-8-4-7-12(16)14-17-9-11-5-2-1-3-6-11/h1-3,5-6,10H,4,7-9H2,(H,13,15)(H,14,16). The number of rotatable bonds is 8. The second-order valence-electron chi connectivity index (χ2n) is 3.48. The maximum absolute atomic E-state index is 11.2. The predicted molar refractivity (Wildman–Crippen MR) is 62.7 cm³/mol. The van der Waals surface area contributed by atoms with Gasteiger partial charge in [-0.25, -0.2) is 5.48 Å². The normalized spacial score (nSPS) is 9.65. The Morgan fingerprint density at radius 1 is 1.29 bits per heavy atom. The molecule has 0 fully saturated rings. The molecule has 0 unspecified atom stereocenters. The summed E-state index contributed by atoms with van der Waals surface area (Å²) in [6.07, 6.45) is 1.54. The average Bonchev–Trinajstić information content (AvgIpc) is 2.36. The van der Waals surface area contributed by atoms with E-state index in [0.717, 1.165) is 5.56 Å². The summed E-state index contributed by atoms with van der Waals surface area (Å²) in [6.45, 7) is 0.842. The Morgan fingerprint density at radius 3 is 2.76 bits per heavy atom. The molecular weight excluding hydrogens is 220 g/mol. The molecule has 1 rings (SSSR count). The molecule has 0 aromatic heterocycles. The molecule has 5 nitrogen and oxygen atoms in total. The fraction of sp³-hybridized carbons (Fsp3) is 0.333. The predicted octanol–water partition coefficient (Wildman–Crippen LogP) is 0.761. The van der Waals surface area contributed by atoms with E-state index in [0.29, 0.717) is 32.4 Å². The van der Waals surface area contributed by atoms with Crippen molar-refractivity contribution in [3.05, 3.63) is 35.9 Å². The third-order valence-corrected chi connectivity index (χ3v) is 2.08. The van der Waals surface area contributed by atoms with Crippen molar-refractivity contribution in [2.24, 2.45) is 0 Å². The van der Waals surface area contributed by atoms with E-state index in [9.17, 15) is 9.59 Å². The SMILES string of the molecule is O=CNCCCC(=O)NOCc1ccccc1. The van der Waals surface area contributed by atoms with Crippen molar-refractivity contribution < 1.29 is 14.4 Å². The van der Waals surface area contributed by atoms with Gasteiger partial charge in [-0.3, -0.25) is 14.4 Å². The van der Waals surface area contributed by atoms with Gasteiger partial charge in [0.1, 0.15) is 0 Å². The van der Waals surface area contributed by atoms with E-state index in [-0.39, 0.29) is 5.91 Å². The van der Waals surface area contributed by atoms with E-state index in [2.05, 4.69) is 10.8 Å². The van der Waals surface area contributed by atoms with Crippen LogP contribution in [-0.2, 0) is 21.0 Å². The lowest BCUT2D eigenvalue weighted by Crippen LogP contribution is -2.24. The summed E-state index contributed by atoms with van der Waals surface area (Å²) in [6, 6.07) is 9.57. The molecule has 2 N–H and O–H groups in total. The molecule has 0 saturated heterocycles. The molecule has 0 saturated carbocycles. The van der Waals surface area contributed by atoms with Gasteiger partial charge < -0.3 is 5.32 Å². The van der Waals surface area contributed by atoms with Crippen molar-refractivity contribution in [1.82, 2.24) is 10.8 Å². The number of hydrogen-bond acceptors (Lipinski definition) is 3. The second-order valence-corrected chi connectivity index (χ2v) is 3.48. The van der Waals surface area contributed by atoms with Crippen molar-refractivity contribution in [2.75, 3.05) is 6.54 Å². The van der Waals surface area contributed by atoms with Gasteiger partial charge in [0.25, 0.3) is 0 Å². The highest BCUT2D eigenvalue weighted by atomic mass is 16.6. The average molecular weight is 236 g/mol. The Bertz CT molecular complexity index is 341. The first-order valence-electron chi connectivity index (χ1n) is 5.44. The molecule has 0 heterocycles. The van der Waals surface area contributed by atoms with E-state index >= 15 is 0 Å². The summed E-state index contributed by atoms with van der Waals surface area (Å²) in [5.74, 6) is -0.186. The van der Waals surface area contributed by atoms with Crippen molar-refractivity contribution >= 4 is 12.3 Å². The van der Waals surface area contributed by atoms with E-state index in [1.165, 1.54) is 0 Å². The van der Waals surface area contributed by atoms with Crippen molar-refractivity contribution in [1.29, 1.82) is 0 Å². The van der Waals surface area contributed by atoms with Crippen molar-refractivity contribution in [3.8, 4) is 0 Å². The molecule has 2 amide bonds. The van der Waals surface area contributed by atoms with Crippen LogP contribution in [0.1, 0.15) is 18.4 Å². The van der Waals surface area contributed by atoms with Gasteiger partial charge in [0.2, 0.25) is 12.3 Å². The third kappa shape index (κ3) is 6.32. The van der Waals surface area contributed by atoms with Crippen LogP contribution in [0.2, 0.25) is 0 Å². The Kier molecular flexibility index (Phi) is 6.43. The minimum absolute atomic E-state index is 0.186. The number of nitrogens with one attached hydrogen (secondary N) is 2. The first kappa shape index (κ1) is 13.2. The first-order valence-corrected chi connectivity index (χ1v) is 5.44. The summed E-state index contributed by atoms with van der Waals surface area (Å²) in [7, 11) is 0. The van der Waals surface area contributed by atoms with Gasteiger partial charge in [-0.1, -0.05) is 30.3 Å². The quantitative estimate of drug-likeness (QED) is 0.398. The van der Waals surface area contributed by atoms with Gasteiger partial charge >= 0.3 is 0 Å². The monoisotopic (exact) mass is 236 g/mol. The van der Waals surface area contributed by atoms with Crippen LogP contribution in [0.3, 0.4) is 0 Å². The molecule has 0 aliphatic rings. The Balaban J connectivity index is 2.06. The molecule has 1 aromatic carbocycles. The minimum atomic E-state index is -0.186. The summed E-state index contributed by atoms with van der Waals surface area (Å²) < 4.78 is 0. The highest BCUT2D eigenvalue weighted by molar-refractivity contribution is 5.74. The Hall–Kier alpha value is -1.88. The molecule has 5 heteroatoms. The molecule has 0 aliphatic carbocycles. The van der Waals surface area contributed by atoms with E-state index in [1.54, 1.807) is 0 Å². The maximum atomic E-state index is 11.2. The lowest BCUT2D eigenvalue weighted by Gasteiger charge is -2.05. The zero-order valence-corrected chi connectivity index (χ0v) is 9.52. The smallest absolute Gasteiger partial charge is 0.243 e. The van der Waals surface area contributed by atoms with E-state index < -0.39 is 0 Å². The summed E-state index contributed by atoms with van der Waals surface area (Å²) in [4.78, 5) is 26.2. The van der Waals surface area contributed by atoms with Gasteiger partial charge in [-0.15, -0.1) is 0 Å². The topological polar surface area (TPSA) is 67.4 Å². The van der Waals surface area contributed by atoms with Crippen LogP contribution in [-0.4, -0.2) is 18.9 Å². The van der Waals surface area contributed by atoms with Gasteiger partial charge in [0, 0.05) is 13.0 Å². The summed E-state index contributed by atoms with van der Waals surface area (Å²) in [5, 5.41) is 2.48. The third-order valence-electron chi connectivity index (χ3n) is 2.08. The summed E-state index contributed by atoms with van der Waals surface area (Å²) in [5.41, 5.74) is 3.35. The molecule has 1 aromatic rings. The Labute approximate surface area is 100 Å². The van der Waals surface area contributed by atoms with Gasteiger partial charge in [-0.05, 0) is 12.0 Å². The summed E-state index contributed by atoms with van der Waals surface area (Å²) >= 11 is 0. The maximum Gasteiger partial charge on any atom is 0.243 e. The van der Waals surface area contributed by atoms with Gasteiger partial charge in [-0.2, -0.15) is 0 Å². The first-order chi connectivity index (χ1) is 8.33. The van der Waals surface area contributed by atoms with Crippen molar-refractivity contribution in [3.63, 3.8) is 0 Å². The minimum Gasteiger partial charge on any atom is -0.359 e. The highest BCUT2D eigenvalue weighted by Crippen LogP contribution is 1.99. The lowest BCUT2D eigenvalue weighted by atomic mass is 10.2. The molecule has 17 heavy (non-hydrogen) atoms. The zero-order valence-electron chi connectivity index (χ0n) is 9.52. The second kappa shape index (κ2) is 8.29. The van der Waals surface area contributed by atoms with Crippen LogP contribution < -0.4 is 10.8 Å². The number of hydrogen-bond donors (Lipinski definition) is 2. The van der Waals surface area contributed by atoms with Crippen LogP contribution in [0.25, 0.3) is 0 Å². The molecule has 0 spiro atoms. The number of benzene rings is 1. The highest BCUT2D eigenvalue weighted by Gasteiger charge is 2.00. The molecule has 0 aliphatic heterocycles. The fourth-order valence-electron chi connectivity index (χ4n) is 1.24. The number of carbonyl (C=O) groups is 2.